The van der Waals surface area contributed by atoms with Crippen LogP contribution in [0.3, 0.4) is 0 Å². The molecule has 0 unspecified atom stereocenters. The highest BCUT2D eigenvalue weighted by Gasteiger charge is 2.36. The summed E-state index contributed by atoms with van der Waals surface area (Å²) in [6.45, 7) is 2.39. The molecule has 2 fully saturated rings. The maximum absolute atomic E-state index is 12.6. The third kappa shape index (κ3) is 3.98. The SMILES string of the molecule is CNC(=O)[C@H](C)CN(C)C(=O)[C@@H]1CC[C@H]2CCCC[C@@H]2C1. The zero-order valence-corrected chi connectivity index (χ0v) is 13.7. The highest BCUT2D eigenvalue weighted by Crippen LogP contribution is 2.43. The first-order valence-corrected chi connectivity index (χ1v) is 8.49. The molecule has 0 heterocycles. The molecule has 0 aromatic rings. The Bertz CT molecular complexity index is 383. The Morgan fingerprint density at radius 2 is 1.81 bits per heavy atom. The summed E-state index contributed by atoms with van der Waals surface area (Å²) in [4.78, 5) is 26.0. The van der Waals surface area contributed by atoms with Gasteiger partial charge in [0.1, 0.15) is 0 Å². The predicted octanol–water partition coefficient (Wildman–Crippen LogP) is 2.43. The second-order valence-electron chi connectivity index (χ2n) is 7.05. The number of carbonyl (C=O) groups excluding carboxylic acids is 2. The second-order valence-corrected chi connectivity index (χ2v) is 7.05. The lowest BCUT2D eigenvalue weighted by molar-refractivity contribution is -0.138. The van der Waals surface area contributed by atoms with Gasteiger partial charge in [-0.3, -0.25) is 9.59 Å². The third-order valence-corrected chi connectivity index (χ3v) is 5.51. The van der Waals surface area contributed by atoms with E-state index in [1.165, 1.54) is 32.1 Å². The minimum Gasteiger partial charge on any atom is -0.359 e. The molecule has 0 spiro atoms. The highest BCUT2D eigenvalue weighted by molar-refractivity contribution is 5.81. The minimum absolute atomic E-state index is 0.00522. The molecule has 4 nitrogen and oxygen atoms in total. The third-order valence-electron chi connectivity index (χ3n) is 5.51. The van der Waals surface area contributed by atoms with Gasteiger partial charge in [-0.2, -0.15) is 0 Å². The lowest BCUT2D eigenvalue weighted by Gasteiger charge is -2.39. The van der Waals surface area contributed by atoms with Crippen LogP contribution in [0.5, 0.6) is 0 Å². The van der Waals surface area contributed by atoms with E-state index >= 15 is 0 Å². The zero-order chi connectivity index (χ0) is 15.4. The van der Waals surface area contributed by atoms with E-state index in [9.17, 15) is 9.59 Å². The highest BCUT2D eigenvalue weighted by atomic mass is 16.2. The van der Waals surface area contributed by atoms with Gasteiger partial charge in [-0.1, -0.05) is 32.6 Å². The van der Waals surface area contributed by atoms with E-state index in [1.54, 1.807) is 11.9 Å². The van der Waals surface area contributed by atoms with Crippen LogP contribution in [0.2, 0.25) is 0 Å². The van der Waals surface area contributed by atoms with E-state index in [2.05, 4.69) is 5.32 Å². The van der Waals surface area contributed by atoms with Crippen LogP contribution in [-0.2, 0) is 9.59 Å². The minimum atomic E-state index is -0.144. The van der Waals surface area contributed by atoms with Crippen LogP contribution in [0, 0.1) is 23.7 Å². The topological polar surface area (TPSA) is 49.4 Å². The molecule has 0 aromatic carbocycles. The van der Waals surface area contributed by atoms with Gasteiger partial charge in [0, 0.05) is 26.6 Å². The molecule has 120 valence electrons. The van der Waals surface area contributed by atoms with Crippen molar-refractivity contribution in [2.75, 3.05) is 20.6 Å². The molecule has 4 heteroatoms. The van der Waals surface area contributed by atoms with Crippen molar-refractivity contribution in [3.05, 3.63) is 0 Å². The van der Waals surface area contributed by atoms with E-state index in [-0.39, 0.29) is 23.7 Å². The van der Waals surface area contributed by atoms with Crippen LogP contribution in [0.4, 0.5) is 0 Å². The van der Waals surface area contributed by atoms with Gasteiger partial charge >= 0.3 is 0 Å². The number of carbonyl (C=O) groups is 2. The summed E-state index contributed by atoms with van der Waals surface area (Å²) in [6.07, 6.45) is 8.73. The van der Waals surface area contributed by atoms with E-state index in [0.717, 1.165) is 24.7 Å². The average molecular weight is 294 g/mol. The predicted molar refractivity (Wildman–Crippen MR) is 83.7 cm³/mol. The molecule has 0 saturated heterocycles. The standard InChI is InChI=1S/C17H30N2O2/c1-12(16(20)18-2)11-19(3)17(21)15-9-8-13-6-4-5-7-14(13)10-15/h12-15H,4-11H2,1-3H3,(H,18,20)/t12-,13-,14-,15-/m1/s1. The van der Waals surface area contributed by atoms with Gasteiger partial charge in [-0.25, -0.2) is 0 Å². The van der Waals surface area contributed by atoms with E-state index in [1.807, 2.05) is 14.0 Å². The summed E-state index contributed by atoms with van der Waals surface area (Å²) in [5.41, 5.74) is 0. The number of hydrogen-bond donors (Lipinski definition) is 1. The first-order valence-electron chi connectivity index (χ1n) is 8.49. The van der Waals surface area contributed by atoms with Crippen molar-refractivity contribution in [2.24, 2.45) is 23.7 Å². The molecule has 2 amide bonds. The van der Waals surface area contributed by atoms with Crippen molar-refractivity contribution in [3.8, 4) is 0 Å². The van der Waals surface area contributed by atoms with Gasteiger partial charge in [-0.15, -0.1) is 0 Å². The summed E-state index contributed by atoms with van der Waals surface area (Å²) in [5.74, 6) is 1.94. The van der Waals surface area contributed by atoms with Crippen LogP contribution in [0.1, 0.15) is 51.9 Å². The molecule has 2 rings (SSSR count). The molecule has 0 aliphatic heterocycles. The number of hydrogen-bond acceptors (Lipinski definition) is 2. The Labute approximate surface area is 128 Å². The van der Waals surface area contributed by atoms with Crippen molar-refractivity contribution in [3.63, 3.8) is 0 Å². The van der Waals surface area contributed by atoms with Gasteiger partial charge in [0.05, 0.1) is 5.92 Å². The lowest BCUT2D eigenvalue weighted by Crippen LogP contribution is -2.42. The van der Waals surface area contributed by atoms with Gasteiger partial charge in [-0.05, 0) is 31.1 Å². The van der Waals surface area contributed by atoms with E-state index < -0.39 is 0 Å². The largest absolute Gasteiger partial charge is 0.359 e. The molecule has 1 N–H and O–H groups in total. The van der Waals surface area contributed by atoms with Crippen molar-refractivity contribution < 1.29 is 9.59 Å². The summed E-state index contributed by atoms with van der Waals surface area (Å²) in [7, 11) is 3.49. The average Bonchev–Trinajstić information content (AvgIpc) is 2.52. The molecular weight excluding hydrogens is 264 g/mol. The fourth-order valence-corrected chi connectivity index (χ4v) is 4.24. The number of fused-ring (bicyclic) bond motifs is 1. The lowest BCUT2D eigenvalue weighted by atomic mass is 9.67. The first-order chi connectivity index (χ1) is 10.0. The first kappa shape index (κ1) is 16.3. The van der Waals surface area contributed by atoms with Crippen LogP contribution >= 0.6 is 0 Å². The molecule has 21 heavy (non-hydrogen) atoms. The molecule has 2 saturated carbocycles. The summed E-state index contributed by atoms with van der Waals surface area (Å²) >= 11 is 0. The Kier molecular flexibility index (Phi) is 5.65. The Morgan fingerprint density at radius 1 is 1.14 bits per heavy atom. The van der Waals surface area contributed by atoms with Crippen molar-refractivity contribution >= 4 is 11.8 Å². The van der Waals surface area contributed by atoms with Gasteiger partial charge < -0.3 is 10.2 Å². The summed E-state index contributed by atoms with van der Waals surface area (Å²) in [5, 5.41) is 2.65. The van der Waals surface area contributed by atoms with Crippen molar-refractivity contribution in [1.29, 1.82) is 0 Å². The van der Waals surface area contributed by atoms with E-state index in [0.29, 0.717) is 6.54 Å². The Balaban J connectivity index is 1.86. The maximum Gasteiger partial charge on any atom is 0.225 e. The maximum atomic E-state index is 12.6. The molecular formula is C17H30N2O2. The molecule has 0 radical (unpaired) electrons. The monoisotopic (exact) mass is 294 g/mol. The molecule has 2 aliphatic carbocycles. The van der Waals surface area contributed by atoms with E-state index in [4.69, 9.17) is 0 Å². The zero-order valence-electron chi connectivity index (χ0n) is 13.7. The molecule has 0 aromatic heterocycles. The molecule has 2 aliphatic rings. The van der Waals surface area contributed by atoms with Crippen LogP contribution in [0.15, 0.2) is 0 Å². The Hall–Kier alpha value is -1.06. The van der Waals surface area contributed by atoms with Gasteiger partial charge in [0.25, 0.3) is 0 Å². The van der Waals surface area contributed by atoms with Crippen molar-refractivity contribution in [1.82, 2.24) is 10.2 Å². The van der Waals surface area contributed by atoms with Crippen LogP contribution in [0.25, 0.3) is 0 Å². The van der Waals surface area contributed by atoms with Gasteiger partial charge in [0.15, 0.2) is 0 Å². The van der Waals surface area contributed by atoms with Crippen LogP contribution < -0.4 is 5.32 Å². The second kappa shape index (κ2) is 7.28. The normalized spacial score (nSPS) is 30.1. The number of amides is 2. The molecule has 0 bridgehead atoms. The molecule has 4 atom stereocenters. The number of nitrogens with zero attached hydrogens (tertiary/aromatic N) is 1. The smallest absolute Gasteiger partial charge is 0.225 e. The number of nitrogens with one attached hydrogen (secondary N) is 1. The number of rotatable bonds is 4. The fourth-order valence-electron chi connectivity index (χ4n) is 4.24. The van der Waals surface area contributed by atoms with Gasteiger partial charge in [0.2, 0.25) is 11.8 Å². The fraction of sp³-hybridized carbons (Fsp3) is 0.882. The summed E-state index contributed by atoms with van der Waals surface area (Å²) < 4.78 is 0. The van der Waals surface area contributed by atoms with Crippen molar-refractivity contribution in [2.45, 2.75) is 51.9 Å². The quantitative estimate of drug-likeness (QED) is 0.865. The van der Waals surface area contributed by atoms with Crippen LogP contribution in [-0.4, -0.2) is 37.4 Å². The summed E-state index contributed by atoms with van der Waals surface area (Å²) in [6, 6.07) is 0. The Morgan fingerprint density at radius 3 is 2.48 bits per heavy atom.